The summed E-state index contributed by atoms with van der Waals surface area (Å²) in [5.41, 5.74) is 0. The summed E-state index contributed by atoms with van der Waals surface area (Å²) in [6.07, 6.45) is 2.19. The first kappa shape index (κ1) is 11.1. The molecule has 0 spiro atoms. The van der Waals surface area contributed by atoms with E-state index in [1.165, 1.54) is 6.92 Å². The molecule has 0 aromatic heterocycles. The number of hydrogen-bond acceptors (Lipinski definition) is 3. The summed E-state index contributed by atoms with van der Waals surface area (Å²) < 4.78 is 0. The monoisotopic (exact) mass is 171 g/mol. The molecular formula is C9H15O3-. The minimum Gasteiger partial charge on any atom is -0.550 e. The quantitative estimate of drug-likeness (QED) is 0.585. The van der Waals surface area contributed by atoms with Crippen LogP contribution in [0.15, 0.2) is 0 Å². The number of ketones is 1. The standard InChI is InChI=1S/C9H16O3/c1-3-4-8(9(11)12)6-5-7(2)10/h8H,3-6H2,1-2H3,(H,11,12)/p-1/t8-/m0/s1. The Morgan fingerprint density at radius 2 is 1.92 bits per heavy atom. The van der Waals surface area contributed by atoms with Crippen LogP contribution in [0.25, 0.3) is 0 Å². The molecule has 0 aromatic carbocycles. The fourth-order valence-electron chi connectivity index (χ4n) is 1.11. The first-order valence-electron chi connectivity index (χ1n) is 4.28. The average Bonchev–Trinajstić information content (AvgIpc) is 1.96. The summed E-state index contributed by atoms with van der Waals surface area (Å²) in [5.74, 6) is -1.44. The lowest BCUT2D eigenvalue weighted by Crippen LogP contribution is -2.31. The highest BCUT2D eigenvalue weighted by molar-refractivity contribution is 5.76. The molecule has 0 aliphatic heterocycles. The number of aliphatic carboxylic acids is 1. The molecule has 12 heavy (non-hydrogen) atoms. The van der Waals surface area contributed by atoms with Crippen molar-refractivity contribution in [3.05, 3.63) is 0 Å². The Morgan fingerprint density at radius 3 is 2.25 bits per heavy atom. The van der Waals surface area contributed by atoms with E-state index in [1.54, 1.807) is 0 Å². The molecule has 3 heteroatoms. The minimum atomic E-state index is -1.03. The van der Waals surface area contributed by atoms with Crippen molar-refractivity contribution in [1.29, 1.82) is 0 Å². The largest absolute Gasteiger partial charge is 0.550 e. The van der Waals surface area contributed by atoms with Crippen LogP contribution in [0, 0.1) is 5.92 Å². The Morgan fingerprint density at radius 1 is 1.33 bits per heavy atom. The zero-order valence-corrected chi connectivity index (χ0v) is 7.63. The molecule has 0 radical (unpaired) electrons. The average molecular weight is 171 g/mol. The van der Waals surface area contributed by atoms with E-state index in [4.69, 9.17) is 0 Å². The van der Waals surface area contributed by atoms with Crippen LogP contribution >= 0.6 is 0 Å². The van der Waals surface area contributed by atoms with Crippen LogP contribution in [0.1, 0.15) is 39.5 Å². The van der Waals surface area contributed by atoms with Crippen molar-refractivity contribution in [2.24, 2.45) is 5.92 Å². The molecule has 0 saturated heterocycles. The molecule has 0 unspecified atom stereocenters. The zero-order chi connectivity index (χ0) is 9.56. The van der Waals surface area contributed by atoms with Gasteiger partial charge in [-0.3, -0.25) is 0 Å². The second kappa shape index (κ2) is 5.75. The Labute approximate surface area is 72.8 Å². The summed E-state index contributed by atoms with van der Waals surface area (Å²) >= 11 is 0. The Kier molecular flexibility index (Phi) is 5.34. The Hall–Kier alpha value is -0.860. The maximum Gasteiger partial charge on any atom is 0.129 e. The Bertz CT molecular complexity index is 163. The fraction of sp³-hybridized carbons (Fsp3) is 0.778. The maximum absolute atomic E-state index is 10.6. The molecule has 0 fully saturated rings. The molecule has 0 heterocycles. The normalized spacial score (nSPS) is 12.5. The van der Waals surface area contributed by atoms with Gasteiger partial charge in [-0.1, -0.05) is 13.3 Å². The molecule has 70 valence electrons. The molecular weight excluding hydrogens is 156 g/mol. The van der Waals surface area contributed by atoms with Gasteiger partial charge >= 0.3 is 0 Å². The molecule has 3 nitrogen and oxygen atoms in total. The second-order valence-electron chi connectivity index (χ2n) is 3.05. The third kappa shape index (κ3) is 4.88. The number of carbonyl (C=O) groups is 2. The van der Waals surface area contributed by atoms with E-state index in [0.717, 1.165) is 6.42 Å². The van der Waals surface area contributed by atoms with E-state index < -0.39 is 11.9 Å². The van der Waals surface area contributed by atoms with Crippen molar-refractivity contribution < 1.29 is 14.7 Å². The van der Waals surface area contributed by atoms with E-state index in [9.17, 15) is 14.7 Å². The molecule has 0 rings (SSSR count). The maximum atomic E-state index is 10.6. The summed E-state index contributed by atoms with van der Waals surface area (Å²) in [7, 11) is 0. The van der Waals surface area contributed by atoms with Crippen LogP contribution in [0.3, 0.4) is 0 Å². The molecule has 0 aliphatic carbocycles. The molecule has 0 aromatic rings. The van der Waals surface area contributed by atoms with E-state index in [1.807, 2.05) is 6.92 Å². The SMILES string of the molecule is CCC[C@@H](CCC(C)=O)C(=O)[O-]. The third-order valence-electron chi connectivity index (χ3n) is 1.82. The van der Waals surface area contributed by atoms with Gasteiger partial charge in [0.2, 0.25) is 0 Å². The number of carboxylic acids is 1. The molecule has 0 amide bonds. The van der Waals surface area contributed by atoms with E-state index in [-0.39, 0.29) is 5.78 Å². The first-order chi connectivity index (χ1) is 5.57. The van der Waals surface area contributed by atoms with Gasteiger partial charge in [0, 0.05) is 12.4 Å². The lowest BCUT2D eigenvalue weighted by molar-refractivity contribution is -0.312. The van der Waals surface area contributed by atoms with Crippen LogP contribution < -0.4 is 5.11 Å². The minimum absolute atomic E-state index is 0.0392. The van der Waals surface area contributed by atoms with Crippen molar-refractivity contribution in [2.45, 2.75) is 39.5 Å². The lowest BCUT2D eigenvalue weighted by atomic mass is 9.97. The van der Waals surface area contributed by atoms with Gasteiger partial charge in [-0.2, -0.15) is 0 Å². The molecule has 0 bridgehead atoms. The van der Waals surface area contributed by atoms with Crippen LogP contribution in [-0.2, 0) is 9.59 Å². The molecule has 0 N–H and O–H groups in total. The zero-order valence-electron chi connectivity index (χ0n) is 7.63. The van der Waals surface area contributed by atoms with Gasteiger partial charge in [0.15, 0.2) is 0 Å². The van der Waals surface area contributed by atoms with Crippen molar-refractivity contribution in [2.75, 3.05) is 0 Å². The fourth-order valence-corrected chi connectivity index (χ4v) is 1.11. The Balaban J connectivity index is 3.79. The lowest BCUT2D eigenvalue weighted by Gasteiger charge is -2.15. The predicted octanol–water partition coefficient (Wildman–Crippen LogP) is 0.522. The van der Waals surface area contributed by atoms with Crippen molar-refractivity contribution in [1.82, 2.24) is 0 Å². The summed E-state index contributed by atoms with van der Waals surface area (Å²) in [4.78, 5) is 21.0. The van der Waals surface area contributed by atoms with Crippen molar-refractivity contribution in [3.8, 4) is 0 Å². The molecule has 0 aliphatic rings. The summed E-state index contributed by atoms with van der Waals surface area (Å²) in [5, 5.41) is 10.5. The molecule has 0 saturated carbocycles. The second-order valence-corrected chi connectivity index (χ2v) is 3.05. The van der Waals surface area contributed by atoms with Gasteiger partial charge < -0.3 is 14.7 Å². The smallest absolute Gasteiger partial charge is 0.129 e. The van der Waals surface area contributed by atoms with Crippen LogP contribution in [0.5, 0.6) is 0 Å². The number of Topliss-reactive ketones (excluding diaryl/α,β-unsaturated/α-hetero) is 1. The number of rotatable bonds is 6. The summed E-state index contributed by atoms with van der Waals surface area (Å²) in [6, 6.07) is 0. The van der Waals surface area contributed by atoms with Gasteiger partial charge in [0.25, 0.3) is 0 Å². The van der Waals surface area contributed by atoms with Gasteiger partial charge in [-0.25, -0.2) is 0 Å². The topological polar surface area (TPSA) is 57.2 Å². The van der Waals surface area contributed by atoms with Gasteiger partial charge in [0.05, 0.1) is 0 Å². The highest BCUT2D eigenvalue weighted by Gasteiger charge is 2.09. The van der Waals surface area contributed by atoms with E-state index in [2.05, 4.69) is 0 Å². The number of hydrogen-bond donors (Lipinski definition) is 0. The predicted molar refractivity (Wildman–Crippen MR) is 43.3 cm³/mol. The summed E-state index contributed by atoms with van der Waals surface area (Å²) in [6.45, 7) is 3.39. The van der Waals surface area contributed by atoms with Crippen LogP contribution in [-0.4, -0.2) is 11.8 Å². The highest BCUT2D eigenvalue weighted by atomic mass is 16.4. The first-order valence-corrected chi connectivity index (χ1v) is 4.28. The van der Waals surface area contributed by atoms with Crippen LogP contribution in [0.4, 0.5) is 0 Å². The van der Waals surface area contributed by atoms with Gasteiger partial charge in [0.1, 0.15) is 5.78 Å². The third-order valence-corrected chi connectivity index (χ3v) is 1.82. The van der Waals surface area contributed by atoms with Gasteiger partial charge in [-0.05, 0) is 25.7 Å². The van der Waals surface area contributed by atoms with Gasteiger partial charge in [-0.15, -0.1) is 0 Å². The number of carbonyl (C=O) groups excluding carboxylic acids is 2. The highest BCUT2D eigenvalue weighted by Crippen LogP contribution is 2.12. The number of carboxylic acid groups (broad SMARTS) is 1. The van der Waals surface area contributed by atoms with E-state index in [0.29, 0.717) is 19.3 Å². The van der Waals surface area contributed by atoms with E-state index >= 15 is 0 Å². The van der Waals surface area contributed by atoms with Crippen molar-refractivity contribution in [3.63, 3.8) is 0 Å². The molecule has 1 atom stereocenters. The van der Waals surface area contributed by atoms with Crippen molar-refractivity contribution >= 4 is 11.8 Å². The van der Waals surface area contributed by atoms with Crippen LogP contribution in [0.2, 0.25) is 0 Å².